The molecule has 0 N–H and O–H groups in total. The number of hydrogen-bond acceptors (Lipinski definition) is 6. The van der Waals surface area contributed by atoms with Crippen molar-refractivity contribution in [2.24, 2.45) is 0 Å². The smallest absolute Gasteiger partial charge is 0.0562 e. The number of hydrazine groups is 1. The molecule has 4 rings (SSSR count). The minimum atomic E-state index is 0.664. The monoisotopic (exact) mass is 396 g/mol. The number of rotatable bonds is 9. The van der Waals surface area contributed by atoms with Gasteiger partial charge >= 0.3 is 0 Å². The summed E-state index contributed by atoms with van der Waals surface area (Å²) in [6.45, 7) is 2.66. The van der Waals surface area contributed by atoms with Crippen LogP contribution in [-0.4, -0.2) is 30.0 Å². The third-order valence-corrected chi connectivity index (χ3v) is 4.68. The molecule has 0 radical (unpaired) electrons. The molecule has 0 saturated heterocycles. The van der Waals surface area contributed by atoms with Crippen LogP contribution < -0.4 is 0 Å². The van der Waals surface area contributed by atoms with E-state index in [1.807, 2.05) is 97.6 Å². The highest BCUT2D eigenvalue weighted by Gasteiger charge is 2.19. The molecule has 6 nitrogen and oxygen atoms in total. The maximum Gasteiger partial charge on any atom is 0.0562 e. The first-order valence-electron chi connectivity index (χ1n) is 9.96. The molecule has 0 amide bonds. The van der Waals surface area contributed by atoms with Gasteiger partial charge in [-0.2, -0.15) is 0 Å². The Morgan fingerprint density at radius 1 is 0.400 bits per heavy atom. The quantitative estimate of drug-likeness (QED) is 0.400. The molecule has 0 aliphatic rings. The van der Waals surface area contributed by atoms with Crippen molar-refractivity contribution >= 4 is 0 Å². The summed E-state index contributed by atoms with van der Waals surface area (Å²) in [5.74, 6) is 0. The van der Waals surface area contributed by atoms with Crippen molar-refractivity contribution in [3.63, 3.8) is 0 Å². The summed E-state index contributed by atoms with van der Waals surface area (Å²) in [5.41, 5.74) is 4.00. The van der Waals surface area contributed by atoms with Crippen molar-refractivity contribution in [2.45, 2.75) is 26.2 Å². The zero-order chi connectivity index (χ0) is 20.4. The molecular formula is C24H24N6. The van der Waals surface area contributed by atoms with Gasteiger partial charge < -0.3 is 0 Å². The molecule has 4 aromatic heterocycles. The minimum absolute atomic E-state index is 0.664. The van der Waals surface area contributed by atoms with Gasteiger partial charge in [0, 0.05) is 24.8 Å². The van der Waals surface area contributed by atoms with E-state index in [4.69, 9.17) is 0 Å². The van der Waals surface area contributed by atoms with Crippen molar-refractivity contribution in [3.8, 4) is 0 Å². The zero-order valence-electron chi connectivity index (χ0n) is 16.7. The van der Waals surface area contributed by atoms with Crippen molar-refractivity contribution in [1.82, 2.24) is 30.0 Å². The summed E-state index contributed by atoms with van der Waals surface area (Å²) < 4.78 is 0. The van der Waals surface area contributed by atoms with Crippen LogP contribution in [0.5, 0.6) is 0 Å². The first kappa shape index (κ1) is 19.8. The molecule has 6 heteroatoms. The molecule has 0 bridgehead atoms. The summed E-state index contributed by atoms with van der Waals surface area (Å²) in [6, 6.07) is 24.0. The van der Waals surface area contributed by atoms with Crippen molar-refractivity contribution in [2.75, 3.05) is 0 Å². The van der Waals surface area contributed by atoms with E-state index in [1.54, 1.807) is 0 Å². The molecule has 0 saturated carbocycles. The Morgan fingerprint density at radius 3 is 0.867 bits per heavy atom. The predicted octanol–water partition coefficient (Wildman–Crippen LogP) is 3.89. The highest BCUT2D eigenvalue weighted by atomic mass is 15.6. The predicted molar refractivity (Wildman–Crippen MR) is 115 cm³/mol. The van der Waals surface area contributed by atoms with Gasteiger partial charge in [-0.3, -0.25) is 19.9 Å². The Labute approximate surface area is 176 Å². The summed E-state index contributed by atoms with van der Waals surface area (Å²) in [6.07, 6.45) is 7.32. The second kappa shape index (κ2) is 10.3. The summed E-state index contributed by atoms with van der Waals surface area (Å²) >= 11 is 0. The average molecular weight is 396 g/mol. The Morgan fingerprint density at radius 2 is 0.667 bits per heavy atom. The van der Waals surface area contributed by atoms with Crippen LogP contribution in [0.25, 0.3) is 0 Å². The van der Waals surface area contributed by atoms with Crippen LogP contribution in [0.4, 0.5) is 0 Å². The summed E-state index contributed by atoms with van der Waals surface area (Å²) in [4.78, 5) is 18.1. The van der Waals surface area contributed by atoms with Crippen LogP contribution in [0.2, 0.25) is 0 Å². The van der Waals surface area contributed by atoms with E-state index in [1.165, 1.54) is 0 Å². The molecule has 0 spiro atoms. The molecule has 0 aliphatic carbocycles. The topological polar surface area (TPSA) is 58.0 Å². The van der Waals surface area contributed by atoms with E-state index >= 15 is 0 Å². The van der Waals surface area contributed by atoms with E-state index in [9.17, 15) is 0 Å². The lowest BCUT2D eigenvalue weighted by Gasteiger charge is -2.34. The second-order valence-corrected chi connectivity index (χ2v) is 6.93. The van der Waals surface area contributed by atoms with E-state index in [2.05, 4.69) is 30.0 Å². The van der Waals surface area contributed by atoms with Gasteiger partial charge in [-0.05, 0) is 48.5 Å². The molecule has 150 valence electrons. The molecule has 0 unspecified atom stereocenters. The van der Waals surface area contributed by atoms with Gasteiger partial charge in [0.05, 0.1) is 49.0 Å². The van der Waals surface area contributed by atoms with Crippen LogP contribution in [0.15, 0.2) is 97.6 Å². The van der Waals surface area contributed by atoms with E-state index < -0.39 is 0 Å². The summed E-state index contributed by atoms with van der Waals surface area (Å²) in [7, 11) is 0. The molecule has 0 fully saturated rings. The van der Waals surface area contributed by atoms with Crippen LogP contribution in [0.1, 0.15) is 22.8 Å². The van der Waals surface area contributed by atoms with Gasteiger partial charge in [0.15, 0.2) is 0 Å². The van der Waals surface area contributed by atoms with Crippen LogP contribution in [-0.2, 0) is 26.2 Å². The Kier molecular flexibility index (Phi) is 6.83. The van der Waals surface area contributed by atoms with Gasteiger partial charge in [0.1, 0.15) is 0 Å². The third-order valence-electron chi connectivity index (χ3n) is 4.68. The van der Waals surface area contributed by atoms with Gasteiger partial charge in [0.2, 0.25) is 0 Å². The minimum Gasteiger partial charge on any atom is -0.260 e. The largest absolute Gasteiger partial charge is 0.260 e. The number of pyridine rings is 4. The van der Waals surface area contributed by atoms with E-state index in [0.29, 0.717) is 26.2 Å². The fraction of sp³-hybridized carbons (Fsp3) is 0.167. The maximum absolute atomic E-state index is 4.54. The normalized spacial score (nSPS) is 11.1. The number of nitrogens with zero attached hydrogens (tertiary/aromatic N) is 6. The van der Waals surface area contributed by atoms with Crippen LogP contribution in [0.3, 0.4) is 0 Å². The Hall–Kier alpha value is -3.48. The molecule has 0 aliphatic heterocycles. The second-order valence-electron chi connectivity index (χ2n) is 6.93. The molecule has 4 heterocycles. The molecular weight excluding hydrogens is 372 g/mol. The fourth-order valence-corrected chi connectivity index (χ4v) is 3.23. The van der Waals surface area contributed by atoms with E-state index in [0.717, 1.165) is 22.8 Å². The number of hydrogen-bond donors (Lipinski definition) is 0. The van der Waals surface area contributed by atoms with Gasteiger partial charge in [-0.1, -0.05) is 24.3 Å². The van der Waals surface area contributed by atoms with Gasteiger partial charge in [-0.15, -0.1) is 0 Å². The lowest BCUT2D eigenvalue weighted by Crippen LogP contribution is -2.41. The zero-order valence-corrected chi connectivity index (χ0v) is 16.7. The summed E-state index contributed by atoms with van der Waals surface area (Å²) in [5, 5.41) is 4.54. The highest BCUT2D eigenvalue weighted by molar-refractivity contribution is 5.09. The van der Waals surface area contributed by atoms with Crippen molar-refractivity contribution < 1.29 is 0 Å². The van der Waals surface area contributed by atoms with Crippen molar-refractivity contribution in [1.29, 1.82) is 0 Å². The lowest BCUT2D eigenvalue weighted by atomic mass is 10.3. The first-order chi connectivity index (χ1) is 14.9. The third kappa shape index (κ3) is 5.76. The van der Waals surface area contributed by atoms with Crippen LogP contribution in [0, 0.1) is 0 Å². The van der Waals surface area contributed by atoms with Crippen molar-refractivity contribution in [3.05, 3.63) is 120 Å². The molecule has 30 heavy (non-hydrogen) atoms. The SMILES string of the molecule is c1ccc(CN(Cc2ccccn2)N(Cc2ccccn2)Cc2ccccn2)nc1. The first-order valence-corrected chi connectivity index (χ1v) is 9.96. The Bertz CT molecular complexity index is 829. The standard InChI is InChI=1S/C24H24N6/c1-5-13-25-21(9-1)17-29(18-22-10-2-6-14-26-22)30(19-23-11-3-7-15-27-23)20-24-12-4-8-16-28-24/h1-16H,17-20H2. The van der Waals surface area contributed by atoms with Crippen LogP contribution >= 0.6 is 0 Å². The highest BCUT2D eigenvalue weighted by Crippen LogP contribution is 2.16. The van der Waals surface area contributed by atoms with E-state index in [-0.39, 0.29) is 0 Å². The number of aromatic nitrogens is 4. The molecule has 4 aromatic rings. The molecule has 0 aromatic carbocycles. The average Bonchev–Trinajstić information content (AvgIpc) is 2.81. The lowest BCUT2D eigenvalue weighted by molar-refractivity contribution is -0.0606. The molecule has 0 atom stereocenters. The Balaban J connectivity index is 1.64. The van der Waals surface area contributed by atoms with Gasteiger partial charge in [-0.25, -0.2) is 10.0 Å². The maximum atomic E-state index is 4.54. The fourth-order valence-electron chi connectivity index (χ4n) is 3.23. The van der Waals surface area contributed by atoms with Gasteiger partial charge in [0.25, 0.3) is 0 Å².